The fourth-order valence-electron chi connectivity index (χ4n) is 5.82. The zero-order valence-corrected chi connectivity index (χ0v) is 24.2. The molecule has 2 amide bonds. The molecule has 5 rings (SSSR count). The van der Waals surface area contributed by atoms with Crippen LogP contribution in [0.3, 0.4) is 0 Å². The quantitative estimate of drug-likeness (QED) is 0.290. The number of halogens is 1. The summed E-state index contributed by atoms with van der Waals surface area (Å²) >= 11 is 0. The van der Waals surface area contributed by atoms with Gasteiger partial charge in [0.25, 0.3) is 0 Å². The Morgan fingerprint density at radius 2 is 1.46 bits per heavy atom. The van der Waals surface area contributed by atoms with E-state index in [-0.39, 0.29) is 24.2 Å². The Morgan fingerprint density at radius 1 is 0.927 bits per heavy atom. The first-order valence-corrected chi connectivity index (χ1v) is 14.0. The van der Waals surface area contributed by atoms with Gasteiger partial charge in [-0.15, -0.1) is 12.4 Å². The van der Waals surface area contributed by atoms with Crippen LogP contribution in [0.2, 0.25) is 0 Å². The molecule has 7 nitrogen and oxygen atoms in total. The van der Waals surface area contributed by atoms with Gasteiger partial charge in [-0.25, -0.2) is 4.98 Å². The summed E-state index contributed by atoms with van der Waals surface area (Å²) in [5.41, 5.74) is 11.2. The Hall–Kier alpha value is -3.94. The highest BCUT2D eigenvalue weighted by Gasteiger charge is 2.39. The van der Waals surface area contributed by atoms with Crippen LogP contribution in [0.4, 0.5) is 0 Å². The molecule has 3 aromatic carbocycles. The summed E-state index contributed by atoms with van der Waals surface area (Å²) in [5, 5.41) is 2.80. The second-order valence-corrected chi connectivity index (χ2v) is 10.4. The summed E-state index contributed by atoms with van der Waals surface area (Å²) in [5.74, 6) is -0.109. The van der Waals surface area contributed by atoms with Gasteiger partial charge in [0, 0.05) is 31.7 Å². The molecule has 2 heterocycles. The molecule has 1 saturated heterocycles. The van der Waals surface area contributed by atoms with Crippen molar-refractivity contribution in [3.63, 3.8) is 0 Å². The van der Waals surface area contributed by atoms with Gasteiger partial charge in [0.2, 0.25) is 11.8 Å². The van der Waals surface area contributed by atoms with Gasteiger partial charge >= 0.3 is 0 Å². The van der Waals surface area contributed by atoms with Gasteiger partial charge in [-0.1, -0.05) is 91.0 Å². The maximum Gasteiger partial charge on any atom is 0.239 e. The van der Waals surface area contributed by atoms with Gasteiger partial charge in [0.05, 0.1) is 18.1 Å². The third-order valence-corrected chi connectivity index (χ3v) is 7.91. The van der Waals surface area contributed by atoms with Crippen molar-refractivity contribution in [2.24, 2.45) is 5.73 Å². The molecule has 214 valence electrons. The van der Waals surface area contributed by atoms with E-state index in [1.807, 2.05) is 24.5 Å². The van der Waals surface area contributed by atoms with Gasteiger partial charge in [0.1, 0.15) is 5.54 Å². The molecule has 1 aliphatic heterocycles. The standard InChI is InChI=1S/C33H37N5O2.ClH/c1-25-30(19-11-18-29(34)32(40)37-22-20-31(39)35-21-23-37)36-24-38(25)33(26-12-5-2-6-13-26,27-14-7-3-8-15-27)28-16-9-4-10-17-28;/h2-10,12-17,24,29H,11,18-23,34H2,1H3,(H,35,39);1H. The average molecular weight is 572 g/mol. The second-order valence-electron chi connectivity index (χ2n) is 10.4. The molecule has 1 aromatic heterocycles. The minimum atomic E-state index is -0.607. The number of hydrogen-bond acceptors (Lipinski definition) is 4. The van der Waals surface area contributed by atoms with Gasteiger partial charge in [0.15, 0.2) is 0 Å². The lowest BCUT2D eigenvalue weighted by molar-refractivity contribution is -0.132. The molecule has 41 heavy (non-hydrogen) atoms. The van der Waals surface area contributed by atoms with Crippen LogP contribution in [-0.4, -0.2) is 51.9 Å². The van der Waals surface area contributed by atoms with Crippen LogP contribution in [0.1, 0.15) is 47.3 Å². The van der Waals surface area contributed by atoms with Crippen molar-refractivity contribution in [2.75, 3.05) is 19.6 Å². The number of carbonyl (C=O) groups excluding carboxylic acids is 2. The molecule has 0 radical (unpaired) electrons. The number of imidazole rings is 1. The molecule has 0 saturated carbocycles. The summed E-state index contributed by atoms with van der Waals surface area (Å²) in [6.07, 6.45) is 4.29. The minimum Gasteiger partial charge on any atom is -0.354 e. The molecular formula is C33H38ClN5O2. The van der Waals surface area contributed by atoms with Crippen molar-refractivity contribution in [3.8, 4) is 0 Å². The lowest BCUT2D eigenvalue weighted by atomic mass is 9.76. The summed E-state index contributed by atoms with van der Waals surface area (Å²) < 4.78 is 2.29. The Bertz CT molecular complexity index is 1330. The Labute approximate surface area is 248 Å². The highest BCUT2D eigenvalue weighted by Crippen LogP contribution is 2.41. The van der Waals surface area contributed by atoms with E-state index in [1.54, 1.807) is 4.90 Å². The summed E-state index contributed by atoms with van der Waals surface area (Å²) in [6, 6.07) is 31.1. The number of aromatic nitrogens is 2. The lowest BCUT2D eigenvalue weighted by Gasteiger charge is -2.38. The maximum atomic E-state index is 12.9. The van der Waals surface area contributed by atoms with Crippen molar-refractivity contribution < 1.29 is 9.59 Å². The third-order valence-electron chi connectivity index (χ3n) is 7.91. The van der Waals surface area contributed by atoms with Crippen LogP contribution in [0, 0.1) is 6.92 Å². The molecule has 1 atom stereocenters. The van der Waals surface area contributed by atoms with Gasteiger partial charge in [-0.05, 0) is 42.9 Å². The molecule has 1 aliphatic rings. The van der Waals surface area contributed by atoms with E-state index >= 15 is 0 Å². The van der Waals surface area contributed by atoms with Gasteiger partial charge in [-0.3, -0.25) is 9.59 Å². The first kappa shape index (κ1) is 30.0. The first-order chi connectivity index (χ1) is 19.5. The van der Waals surface area contributed by atoms with Crippen molar-refractivity contribution >= 4 is 24.2 Å². The predicted octanol–water partition coefficient (Wildman–Crippen LogP) is 4.45. The summed E-state index contributed by atoms with van der Waals surface area (Å²) in [6.45, 7) is 3.52. The predicted molar refractivity (Wildman–Crippen MR) is 164 cm³/mol. The number of hydrogen-bond donors (Lipinski definition) is 2. The zero-order chi connectivity index (χ0) is 28.0. The Balaban J connectivity index is 0.00000387. The SMILES string of the molecule is Cc1c(CCCC(N)C(=O)N2CCNC(=O)CC2)ncn1C(c1ccccc1)(c1ccccc1)c1ccccc1.Cl. The topological polar surface area (TPSA) is 93.2 Å². The van der Waals surface area contributed by atoms with Crippen LogP contribution in [-0.2, 0) is 21.5 Å². The average Bonchev–Trinajstić information content (AvgIpc) is 3.21. The normalized spacial score (nSPS) is 14.5. The third kappa shape index (κ3) is 6.21. The molecule has 0 spiro atoms. The number of rotatable bonds is 9. The molecule has 4 aromatic rings. The van der Waals surface area contributed by atoms with E-state index in [4.69, 9.17) is 10.7 Å². The van der Waals surface area contributed by atoms with E-state index in [0.717, 1.165) is 34.5 Å². The van der Waals surface area contributed by atoms with Crippen molar-refractivity contribution in [1.29, 1.82) is 0 Å². The fourth-order valence-corrected chi connectivity index (χ4v) is 5.82. The van der Waals surface area contributed by atoms with E-state index in [1.165, 1.54) is 0 Å². The summed E-state index contributed by atoms with van der Waals surface area (Å²) in [7, 11) is 0. The Morgan fingerprint density at radius 3 is 2.00 bits per heavy atom. The van der Waals surface area contributed by atoms with E-state index in [9.17, 15) is 9.59 Å². The van der Waals surface area contributed by atoms with Crippen molar-refractivity contribution in [1.82, 2.24) is 19.8 Å². The first-order valence-electron chi connectivity index (χ1n) is 14.0. The largest absolute Gasteiger partial charge is 0.354 e. The van der Waals surface area contributed by atoms with Crippen LogP contribution < -0.4 is 11.1 Å². The molecule has 1 unspecified atom stereocenters. The Kier molecular flexibility index (Phi) is 9.97. The molecule has 3 N–H and O–H groups in total. The maximum absolute atomic E-state index is 12.9. The van der Waals surface area contributed by atoms with E-state index in [0.29, 0.717) is 38.9 Å². The van der Waals surface area contributed by atoms with E-state index in [2.05, 4.69) is 89.6 Å². The number of aryl methyl sites for hydroxylation is 1. The smallest absolute Gasteiger partial charge is 0.239 e. The van der Waals surface area contributed by atoms with Crippen molar-refractivity contribution in [2.45, 2.75) is 44.2 Å². The van der Waals surface area contributed by atoms with Crippen molar-refractivity contribution in [3.05, 3.63) is 125 Å². The fraction of sp³-hybridized carbons (Fsp3) is 0.303. The zero-order valence-electron chi connectivity index (χ0n) is 23.4. The molecule has 0 bridgehead atoms. The molecule has 8 heteroatoms. The second kappa shape index (κ2) is 13.6. The van der Waals surface area contributed by atoms with Crippen LogP contribution in [0.15, 0.2) is 97.3 Å². The number of nitrogens with two attached hydrogens (primary N) is 1. The van der Waals surface area contributed by atoms with Crippen LogP contribution >= 0.6 is 12.4 Å². The minimum absolute atomic E-state index is 0. The summed E-state index contributed by atoms with van der Waals surface area (Å²) in [4.78, 5) is 31.1. The monoisotopic (exact) mass is 571 g/mol. The van der Waals surface area contributed by atoms with E-state index < -0.39 is 11.6 Å². The number of nitrogens with zero attached hydrogens (tertiary/aromatic N) is 3. The van der Waals surface area contributed by atoms with Crippen LogP contribution in [0.5, 0.6) is 0 Å². The number of nitrogens with one attached hydrogen (secondary N) is 1. The highest BCUT2D eigenvalue weighted by molar-refractivity contribution is 5.85. The number of benzene rings is 3. The molecule has 0 aliphatic carbocycles. The number of amides is 2. The molecule has 1 fully saturated rings. The highest BCUT2D eigenvalue weighted by atomic mass is 35.5. The lowest BCUT2D eigenvalue weighted by Crippen LogP contribution is -2.45. The molecular weight excluding hydrogens is 534 g/mol. The van der Waals surface area contributed by atoms with Crippen LogP contribution in [0.25, 0.3) is 0 Å². The van der Waals surface area contributed by atoms with Gasteiger partial charge in [-0.2, -0.15) is 0 Å². The number of carbonyl (C=O) groups is 2. The van der Waals surface area contributed by atoms with Gasteiger partial charge < -0.3 is 20.5 Å².